The van der Waals surface area contributed by atoms with Crippen molar-refractivity contribution in [2.75, 3.05) is 6.54 Å². The molecular formula is C16H18N2O3. The fraction of sp³-hybridized carbons (Fsp3) is 0.250. The lowest BCUT2D eigenvalue weighted by Crippen LogP contribution is -2.28. The highest BCUT2D eigenvalue weighted by Gasteiger charge is 2.06. The molecule has 0 aliphatic heterocycles. The number of rotatable bonds is 7. The minimum Gasteiger partial charge on any atom is -0.391 e. The fourth-order valence-electron chi connectivity index (χ4n) is 2.08. The first kappa shape index (κ1) is 15.2. The molecule has 2 N–H and O–H groups in total. The van der Waals surface area contributed by atoms with Gasteiger partial charge in [0.25, 0.3) is 5.69 Å². The first-order valence-electron chi connectivity index (χ1n) is 6.81. The van der Waals surface area contributed by atoms with E-state index in [1.54, 1.807) is 12.1 Å². The molecule has 2 aromatic rings. The van der Waals surface area contributed by atoms with Gasteiger partial charge in [0.1, 0.15) is 0 Å². The van der Waals surface area contributed by atoms with E-state index in [9.17, 15) is 15.2 Å². The van der Waals surface area contributed by atoms with Gasteiger partial charge >= 0.3 is 0 Å². The Balaban J connectivity index is 1.74. The quantitative estimate of drug-likeness (QED) is 0.605. The van der Waals surface area contributed by atoms with Gasteiger partial charge in [-0.2, -0.15) is 0 Å². The molecule has 0 amide bonds. The van der Waals surface area contributed by atoms with Crippen molar-refractivity contribution in [3.63, 3.8) is 0 Å². The molecule has 0 bridgehead atoms. The molecule has 0 aliphatic rings. The van der Waals surface area contributed by atoms with Crippen LogP contribution in [0.3, 0.4) is 0 Å². The van der Waals surface area contributed by atoms with E-state index in [0.717, 1.165) is 11.1 Å². The number of hydrogen-bond acceptors (Lipinski definition) is 4. The second-order valence-corrected chi connectivity index (χ2v) is 4.90. The van der Waals surface area contributed by atoms with Crippen molar-refractivity contribution in [2.24, 2.45) is 0 Å². The third-order valence-corrected chi connectivity index (χ3v) is 3.17. The van der Waals surface area contributed by atoms with Crippen LogP contribution < -0.4 is 5.32 Å². The molecule has 5 heteroatoms. The van der Waals surface area contributed by atoms with E-state index in [2.05, 4.69) is 5.32 Å². The van der Waals surface area contributed by atoms with Crippen LogP contribution in [0.1, 0.15) is 11.1 Å². The Morgan fingerprint density at radius 1 is 1.05 bits per heavy atom. The molecule has 0 fully saturated rings. The van der Waals surface area contributed by atoms with Gasteiger partial charge in [0.2, 0.25) is 0 Å². The van der Waals surface area contributed by atoms with Crippen LogP contribution in [-0.2, 0) is 13.0 Å². The molecule has 0 heterocycles. The van der Waals surface area contributed by atoms with Crippen LogP contribution in [0.5, 0.6) is 0 Å². The predicted molar refractivity (Wildman–Crippen MR) is 81.0 cm³/mol. The highest BCUT2D eigenvalue weighted by molar-refractivity contribution is 5.32. The Kier molecular flexibility index (Phi) is 5.43. The Labute approximate surface area is 123 Å². The Hall–Kier alpha value is -2.24. The highest BCUT2D eigenvalue weighted by Crippen LogP contribution is 2.11. The fourth-order valence-corrected chi connectivity index (χ4v) is 2.08. The van der Waals surface area contributed by atoms with Crippen LogP contribution in [0.2, 0.25) is 0 Å². The molecule has 1 unspecified atom stereocenters. The average Bonchev–Trinajstić information content (AvgIpc) is 2.49. The molecule has 0 spiro atoms. The van der Waals surface area contributed by atoms with E-state index in [-0.39, 0.29) is 5.69 Å². The monoisotopic (exact) mass is 286 g/mol. The minimum atomic E-state index is -0.453. The predicted octanol–water partition coefficient (Wildman–Crippen LogP) is 2.29. The first-order valence-corrected chi connectivity index (χ1v) is 6.81. The largest absolute Gasteiger partial charge is 0.391 e. The molecule has 21 heavy (non-hydrogen) atoms. The molecule has 1 atom stereocenters. The summed E-state index contributed by atoms with van der Waals surface area (Å²) in [6.45, 7) is 1.05. The molecular weight excluding hydrogens is 268 g/mol. The zero-order valence-corrected chi connectivity index (χ0v) is 11.6. The number of nitro benzene ring substituents is 1. The summed E-state index contributed by atoms with van der Waals surface area (Å²) in [5, 5.41) is 23.6. The van der Waals surface area contributed by atoms with Gasteiger partial charge in [0.05, 0.1) is 11.0 Å². The van der Waals surface area contributed by atoms with Crippen molar-refractivity contribution in [1.29, 1.82) is 0 Å². The topological polar surface area (TPSA) is 75.4 Å². The third-order valence-electron chi connectivity index (χ3n) is 3.17. The van der Waals surface area contributed by atoms with Crippen LogP contribution in [-0.4, -0.2) is 22.7 Å². The van der Waals surface area contributed by atoms with Crippen molar-refractivity contribution >= 4 is 5.69 Å². The standard InChI is InChI=1S/C16H18N2O3/c19-16(10-13-4-2-1-3-5-13)12-17-11-14-6-8-15(9-7-14)18(20)21/h1-9,16-17,19H,10-12H2. The maximum Gasteiger partial charge on any atom is 0.269 e. The number of nitro groups is 1. The number of aliphatic hydroxyl groups is 1. The van der Waals surface area contributed by atoms with Crippen molar-refractivity contribution in [3.05, 3.63) is 75.8 Å². The maximum absolute atomic E-state index is 10.5. The Morgan fingerprint density at radius 3 is 2.33 bits per heavy atom. The summed E-state index contributed by atoms with van der Waals surface area (Å²) in [5.74, 6) is 0. The summed E-state index contributed by atoms with van der Waals surface area (Å²) in [6, 6.07) is 16.2. The molecule has 0 radical (unpaired) electrons. The van der Waals surface area contributed by atoms with Crippen molar-refractivity contribution < 1.29 is 10.0 Å². The molecule has 0 saturated heterocycles. The van der Waals surface area contributed by atoms with Gasteiger partial charge < -0.3 is 10.4 Å². The lowest BCUT2D eigenvalue weighted by molar-refractivity contribution is -0.384. The SMILES string of the molecule is O=[N+]([O-])c1ccc(CNCC(O)Cc2ccccc2)cc1. The van der Waals surface area contributed by atoms with Crippen LogP contribution in [0, 0.1) is 10.1 Å². The van der Waals surface area contributed by atoms with E-state index in [1.807, 2.05) is 30.3 Å². The normalized spacial score (nSPS) is 12.0. The Bertz CT molecular complexity index is 570. The summed E-state index contributed by atoms with van der Waals surface area (Å²) < 4.78 is 0. The summed E-state index contributed by atoms with van der Waals surface area (Å²) >= 11 is 0. The summed E-state index contributed by atoms with van der Waals surface area (Å²) in [4.78, 5) is 10.1. The first-order chi connectivity index (χ1) is 10.1. The molecule has 0 aromatic heterocycles. The van der Waals surface area contributed by atoms with Gasteiger partial charge in [-0.25, -0.2) is 0 Å². The summed E-state index contributed by atoms with van der Waals surface area (Å²) in [7, 11) is 0. The lowest BCUT2D eigenvalue weighted by atomic mass is 10.1. The lowest BCUT2D eigenvalue weighted by Gasteiger charge is -2.12. The van der Waals surface area contributed by atoms with E-state index in [0.29, 0.717) is 19.5 Å². The van der Waals surface area contributed by atoms with E-state index < -0.39 is 11.0 Å². The second-order valence-electron chi connectivity index (χ2n) is 4.90. The number of non-ortho nitro benzene ring substituents is 1. The van der Waals surface area contributed by atoms with Crippen LogP contribution in [0.15, 0.2) is 54.6 Å². The number of hydrogen-bond donors (Lipinski definition) is 2. The van der Waals surface area contributed by atoms with Crippen LogP contribution in [0.25, 0.3) is 0 Å². The summed E-state index contributed by atoms with van der Waals surface area (Å²) in [5.41, 5.74) is 2.14. The molecule has 5 nitrogen and oxygen atoms in total. The zero-order chi connectivity index (χ0) is 15.1. The molecule has 2 rings (SSSR count). The zero-order valence-electron chi connectivity index (χ0n) is 11.6. The average molecular weight is 286 g/mol. The van der Waals surface area contributed by atoms with Crippen molar-refractivity contribution in [3.8, 4) is 0 Å². The summed E-state index contributed by atoms with van der Waals surface area (Å²) in [6.07, 6.45) is 0.152. The van der Waals surface area contributed by atoms with Gasteiger partial charge in [-0.05, 0) is 17.5 Å². The highest BCUT2D eigenvalue weighted by atomic mass is 16.6. The molecule has 0 saturated carbocycles. The molecule has 0 aliphatic carbocycles. The van der Waals surface area contributed by atoms with Gasteiger partial charge in [0, 0.05) is 25.2 Å². The van der Waals surface area contributed by atoms with Crippen molar-refractivity contribution in [1.82, 2.24) is 5.32 Å². The van der Waals surface area contributed by atoms with Gasteiger partial charge in [-0.3, -0.25) is 10.1 Å². The smallest absolute Gasteiger partial charge is 0.269 e. The van der Waals surface area contributed by atoms with Crippen LogP contribution in [0.4, 0.5) is 5.69 Å². The van der Waals surface area contributed by atoms with E-state index in [4.69, 9.17) is 0 Å². The Morgan fingerprint density at radius 2 is 1.71 bits per heavy atom. The number of nitrogens with zero attached hydrogens (tertiary/aromatic N) is 1. The van der Waals surface area contributed by atoms with Gasteiger partial charge in [-0.15, -0.1) is 0 Å². The molecule has 2 aromatic carbocycles. The third kappa shape index (κ3) is 4.98. The number of nitrogens with one attached hydrogen (secondary N) is 1. The number of benzene rings is 2. The van der Waals surface area contributed by atoms with Gasteiger partial charge in [0.15, 0.2) is 0 Å². The molecule has 110 valence electrons. The minimum absolute atomic E-state index is 0.0860. The number of aliphatic hydroxyl groups excluding tert-OH is 1. The maximum atomic E-state index is 10.5. The van der Waals surface area contributed by atoms with Crippen LogP contribution >= 0.6 is 0 Å². The van der Waals surface area contributed by atoms with E-state index in [1.165, 1.54) is 12.1 Å². The van der Waals surface area contributed by atoms with Crippen molar-refractivity contribution in [2.45, 2.75) is 19.1 Å². The van der Waals surface area contributed by atoms with Gasteiger partial charge in [-0.1, -0.05) is 42.5 Å². The van der Waals surface area contributed by atoms with E-state index >= 15 is 0 Å². The second kappa shape index (κ2) is 7.52.